The Balaban J connectivity index is 1.95. The standard InChI is InChI=1S/C15H23ClN4O/c1-2-7-18-14-4-3-12(16)13(19-14)10-20-8-5-11(6-9-20)15(17)21/h3-4,11H,2,5-10H2,1H3,(H2,17,21)(H,18,19). The summed E-state index contributed by atoms with van der Waals surface area (Å²) in [5, 5.41) is 3.96. The molecule has 0 bridgehead atoms. The van der Waals surface area contributed by atoms with Gasteiger partial charge in [-0.25, -0.2) is 4.98 Å². The molecule has 1 aliphatic heterocycles. The number of carbonyl (C=O) groups is 1. The van der Waals surface area contributed by atoms with E-state index >= 15 is 0 Å². The van der Waals surface area contributed by atoms with Crippen LogP contribution in [0.1, 0.15) is 31.9 Å². The van der Waals surface area contributed by atoms with E-state index < -0.39 is 0 Å². The molecule has 0 radical (unpaired) electrons. The minimum Gasteiger partial charge on any atom is -0.370 e. The van der Waals surface area contributed by atoms with Crippen LogP contribution in [0.25, 0.3) is 0 Å². The molecule has 0 atom stereocenters. The minimum absolute atomic E-state index is 0.0160. The first kappa shape index (κ1) is 16.0. The number of hydrogen-bond acceptors (Lipinski definition) is 4. The first-order valence-corrected chi connectivity index (χ1v) is 7.89. The van der Waals surface area contributed by atoms with E-state index in [1.165, 1.54) is 0 Å². The smallest absolute Gasteiger partial charge is 0.220 e. The second kappa shape index (κ2) is 7.61. The van der Waals surface area contributed by atoms with Crippen LogP contribution in [-0.2, 0) is 11.3 Å². The molecule has 1 aromatic heterocycles. The van der Waals surface area contributed by atoms with E-state index in [4.69, 9.17) is 17.3 Å². The van der Waals surface area contributed by atoms with Gasteiger partial charge in [0.15, 0.2) is 0 Å². The Morgan fingerprint density at radius 1 is 1.48 bits per heavy atom. The Labute approximate surface area is 130 Å². The number of amides is 1. The van der Waals surface area contributed by atoms with Crippen LogP contribution in [0.3, 0.4) is 0 Å². The molecule has 0 unspecified atom stereocenters. The number of piperidine rings is 1. The van der Waals surface area contributed by atoms with Crippen molar-refractivity contribution in [2.75, 3.05) is 25.0 Å². The summed E-state index contributed by atoms with van der Waals surface area (Å²) in [6, 6.07) is 3.79. The van der Waals surface area contributed by atoms with Gasteiger partial charge in [-0.3, -0.25) is 9.69 Å². The van der Waals surface area contributed by atoms with E-state index in [1.54, 1.807) is 0 Å². The molecule has 3 N–H and O–H groups in total. The third kappa shape index (κ3) is 4.58. The van der Waals surface area contributed by atoms with Crippen LogP contribution in [0.4, 0.5) is 5.82 Å². The number of nitrogens with one attached hydrogen (secondary N) is 1. The summed E-state index contributed by atoms with van der Waals surface area (Å²) in [7, 11) is 0. The molecule has 116 valence electrons. The number of nitrogens with zero attached hydrogens (tertiary/aromatic N) is 2. The number of rotatable bonds is 6. The average Bonchev–Trinajstić information content (AvgIpc) is 2.48. The van der Waals surface area contributed by atoms with Gasteiger partial charge in [0, 0.05) is 19.0 Å². The van der Waals surface area contributed by atoms with Gasteiger partial charge in [-0.2, -0.15) is 0 Å². The third-order valence-electron chi connectivity index (χ3n) is 3.84. The van der Waals surface area contributed by atoms with Gasteiger partial charge in [-0.05, 0) is 44.5 Å². The van der Waals surface area contributed by atoms with Gasteiger partial charge in [0.05, 0.1) is 10.7 Å². The lowest BCUT2D eigenvalue weighted by atomic mass is 9.96. The molecule has 1 aromatic rings. The number of primary amides is 1. The lowest BCUT2D eigenvalue weighted by Crippen LogP contribution is -2.38. The number of likely N-dealkylation sites (tertiary alicyclic amines) is 1. The highest BCUT2D eigenvalue weighted by Crippen LogP contribution is 2.22. The van der Waals surface area contributed by atoms with Crippen LogP contribution in [0.5, 0.6) is 0 Å². The number of pyridine rings is 1. The van der Waals surface area contributed by atoms with Gasteiger partial charge in [0.25, 0.3) is 0 Å². The molecule has 2 heterocycles. The van der Waals surface area contributed by atoms with Crippen LogP contribution in [0.15, 0.2) is 12.1 Å². The van der Waals surface area contributed by atoms with Gasteiger partial charge in [-0.15, -0.1) is 0 Å². The van der Waals surface area contributed by atoms with Crippen molar-refractivity contribution in [3.05, 3.63) is 22.8 Å². The van der Waals surface area contributed by atoms with E-state index in [9.17, 15) is 4.79 Å². The number of carbonyl (C=O) groups excluding carboxylic acids is 1. The summed E-state index contributed by atoms with van der Waals surface area (Å²) < 4.78 is 0. The second-order valence-electron chi connectivity index (χ2n) is 5.50. The fraction of sp³-hybridized carbons (Fsp3) is 0.600. The fourth-order valence-corrected chi connectivity index (χ4v) is 2.70. The first-order chi connectivity index (χ1) is 10.1. The van der Waals surface area contributed by atoms with Crippen molar-refractivity contribution in [3.63, 3.8) is 0 Å². The summed E-state index contributed by atoms with van der Waals surface area (Å²) in [6.45, 7) is 5.45. The maximum atomic E-state index is 11.2. The molecule has 5 nitrogen and oxygen atoms in total. The van der Waals surface area contributed by atoms with Gasteiger partial charge >= 0.3 is 0 Å². The van der Waals surface area contributed by atoms with Crippen molar-refractivity contribution in [1.82, 2.24) is 9.88 Å². The normalized spacial score (nSPS) is 16.9. The zero-order chi connectivity index (χ0) is 15.2. The largest absolute Gasteiger partial charge is 0.370 e. The highest BCUT2D eigenvalue weighted by atomic mass is 35.5. The molecule has 0 spiro atoms. The summed E-state index contributed by atoms with van der Waals surface area (Å²) in [6.07, 6.45) is 2.70. The first-order valence-electron chi connectivity index (χ1n) is 7.51. The Kier molecular flexibility index (Phi) is 5.82. The monoisotopic (exact) mass is 310 g/mol. The van der Waals surface area contributed by atoms with Crippen molar-refractivity contribution in [2.24, 2.45) is 11.7 Å². The van der Waals surface area contributed by atoms with Crippen molar-refractivity contribution >= 4 is 23.3 Å². The zero-order valence-electron chi connectivity index (χ0n) is 12.4. The number of nitrogens with two attached hydrogens (primary N) is 1. The maximum Gasteiger partial charge on any atom is 0.220 e. The second-order valence-corrected chi connectivity index (χ2v) is 5.91. The molecule has 0 saturated carbocycles. The molecule has 1 amide bonds. The van der Waals surface area contributed by atoms with Gasteiger partial charge in [-0.1, -0.05) is 18.5 Å². The summed E-state index contributed by atoms with van der Waals surface area (Å²) >= 11 is 6.24. The van der Waals surface area contributed by atoms with Crippen molar-refractivity contribution < 1.29 is 4.79 Å². The van der Waals surface area contributed by atoms with E-state index in [0.29, 0.717) is 11.6 Å². The van der Waals surface area contributed by atoms with Crippen molar-refractivity contribution in [2.45, 2.75) is 32.7 Å². The fourth-order valence-electron chi connectivity index (χ4n) is 2.53. The molecule has 21 heavy (non-hydrogen) atoms. The SMILES string of the molecule is CCCNc1ccc(Cl)c(CN2CCC(C(N)=O)CC2)n1. The lowest BCUT2D eigenvalue weighted by Gasteiger charge is -2.30. The van der Waals surface area contributed by atoms with Crippen molar-refractivity contribution in [1.29, 1.82) is 0 Å². The number of anilines is 1. The molecule has 0 aromatic carbocycles. The Morgan fingerprint density at radius 2 is 2.19 bits per heavy atom. The lowest BCUT2D eigenvalue weighted by molar-refractivity contribution is -0.123. The number of hydrogen-bond donors (Lipinski definition) is 2. The van der Waals surface area contributed by atoms with Crippen LogP contribution in [0, 0.1) is 5.92 Å². The van der Waals surface area contributed by atoms with E-state index in [2.05, 4.69) is 22.1 Å². The van der Waals surface area contributed by atoms with Crippen molar-refractivity contribution in [3.8, 4) is 0 Å². The maximum absolute atomic E-state index is 11.2. The van der Waals surface area contributed by atoms with Crippen LogP contribution < -0.4 is 11.1 Å². The highest BCUT2D eigenvalue weighted by molar-refractivity contribution is 6.31. The summed E-state index contributed by atoms with van der Waals surface area (Å²) in [5.74, 6) is 0.696. The highest BCUT2D eigenvalue weighted by Gasteiger charge is 2.23. The minimum atomic E-state index is -0.184. The summed E-state index contributed by atoms with van der Waals surface area (Å²) in [4.78, 5) is 18.0. The molecular weight excluding hydrogens is 288 g/mol. The molecule has 1 fully saturated rings. The van der Waals surface area contributed by atoms with E-state index in [1.807, 2.05) is 12.1 Å². The zero-order valence-corrected chi connectivity index (χ0v) is 13.2. The summed E-state index contributed by atoms with van der Waals surface area (Å²) in [5.41, 5.74) is 6.24. The van der Waals surface area contributed by atoms with E-state index in [0.717, 1.165) is 50.4 Å². The van der Waals surface area contributed by atoms with Gasteiger partial charge in [0.1, 0.15) is 5.82 Å². The molecule has 0 aliphatic carbocycles. The third-order valence-corrected chi connectivity index (χ3v) is 4.18. The van der Waals surface area contributed by atoms with Gasteiger partial charge < -0.3 is 11.1 Å². The Bertz CT molecular complexity index is 487. The topological polar surface area (TPSA) is 71.2 Å². The Hall–Kier alpha value is -1.33. The molecular formula is C15H23ClN4O. The van der Waals surface area contributed by atoms with Gasteiger partial charge in [0.2, 0.25) is 5.91 Å². The quantitative estimate of drug-likeness (QED) is 0.845. The molecule has 6 heteroatoms. The van der Waals surface area contributed by atoms with E-state index in [-0.39, 0.29) is 11.8 Å². The van der Waals surface area contributed by atoms with Crippen LogP contribution >= 0.6 is 11.6 Å². The van der Waals surface area contributed by atoms with Crippen LogP contribution in [0.2, 0.25) is 5.02 Å². The molecule has 1 aliphatic rings. The van der Waals surface area contributed by atoms with Crippen LogP contribution in [-0.4, -0.2) is 35.4 Å². The Morgan fingerprint density at radius 3 is 2.81 bits per heavy atom. The predicted molar refractivity (Wildman–Crippen MR) is 85.2 cm³/mol. The molecule has 2 rings (SSSR count). The number of aromatic nitrogens is 1. The average molecular weight is 311 g/mol. The predicted octanol–water partition coefficient (Wildman–Crippen LogP) is 2.25. The number of halogens is 1. The molecule has 1 saturated heterocycles.